The van der Waals surface area contributed by atoms with Crippen LogP contribution < -0.4 is 16.1 Å². The van der Waals surface area contributed by atoms with Crippen LogP contribution in [-0.2, 0) is 20.1 Å². The van der Waals surface area contributed by atoms with Crippen molar-refractivity contribution in [2.75, 3.05) is 11.4 Å². The second kappa shape index (κ2) is 6.65. The Morgan fingerprint density at radius 1 is 1.25 bits per heavy atom. The Kier molecular flexibility index (Phi) is 4.28. The number of hydrogen-bond acceptors (Lipinski definition) is 6. The van der Waals surface area contributed by atoms with Gasteiger partial charge in [0.2, 0.25) is 5.95 Å². The number of imidazole rings is 1. The van der Waals surface area contributed by atoms with Crippen LogP contribution in [-0.4, -0.2) is 36.4 Å². The largest absolute Gasteiger partial charge is 0.389 e. The van der Waals surface area contributed by atoms with Crippen molar-refractivity contribution in [3.05, 3.63) is 50.7 Å². The molecule has 1 unspecified atom stereocenters. The quantitative estimate of drug-likeness (QED) is 0.714. The number of anilines is 2. The molecule has 1 aliphatic heterocycles. The average molecular weight is 380 g/mol. The molecule has 9 heteroatoms. The number of aliphatic hydroxyl groups is 1. The van der Waals surface area contributed by atoms with Gasteiger partial charge in [-0.3, -0.25) is 13.9 Å². The number of nitriles is 1. The molecule has 144 valence electrons. The molecule has 0 amide bonds. The van der Waals surface area contributed by atoms with E-state index in [2.05, 4.69) is 4.98 Å². The minimum absolute atomic E-state index is 0.0166. The number of aryl methyl sites for hydroxylation is 2. The van der Waals surface area contributed by atoms with E-state index in [4.69, 9.17) is 5.26 Å². The smallest absolute Gasteiger partial charge is 0.332 e. The standard InChI is InChI=1S/C19H20N6O3/c1-12-4-6-13(7-5-12)24-10-14(26)11-25-15-16(21-18(24)25)22(2)19(28)23(17(15)27)9-3-8-20/h4-7,14,26H,3,9-11H2,1-2H3. The van der Waals surface area contributed by atoms with Gasteiger partial charge in [-0.2, -0.15) is 10.2 Å². The maximum absolute atomic E-state index is 13.0. The van der Waals surface area contributed by atoms with E-state index in [-0.39, 0.29) is 30.7 Å². The molecule has 1 aliphatic rings. The number of aromatic nitrogens is 4. The van der Waals surface area contributed by atoms with E-state index in [0.29, 0.717) is 12.5 Å². The molecule has 3 aromatic rings. The van der Waals surface area contributed by atoms with Crippen LogP contribution in [0.25, 0.3) is 11.2 Å². The van der Waals surface area contributed by atoms with Crippen molar-refractivity contribution >= 4 is 22.8 Å². The highest BCUT2D eigenvalue weighted by Crippen LogP contribution is 2.31. The zero-order valence-corrected chi connectivity index (χ0v) is 15.7. The molecular weight excluding hydrogens is 360 g/mol. The van der Waals surface area contributed by atoms with Gasteiger partial charge in [-0.05, 0) is 19.1 Å². The first-order valence-electron chi connectivity index (χ1n) is 9.01. The second-order valence-corrected chi connectivity index (χ2v) is 7.00. The van der Waals surface area contributed by atoms with E-state index in [1.54, 1.807) is 11.6 Å². The van der Waals surface area contributed by atoms with Crippen LogP contribution in [0, 0.1) is 18.3 Å². The van der Waals surface area contributed by atoms with Gasteiger partial charge in [-0.15, -0.1) is 0 Å². The second-order valence-electron chi connectivity index (χ2n) is 7.00. The first-order valence-corrected chi connectivity index (χ1v) is 9.01. The molecule has 3 heterocycles. The summed E-state index contributed by atoms with van der Waals surface area (Å²) in [6, 6.07) is 9.75. The third-order valence-corrected chi connectivity index (χ3v) is 5.03. The van der Waals surface area contributed by atoms with Crippen molar-refractivity contribution in [1.29, 1.82) is 5.26 Å². The van der Waals surface area contributed by atoms with E-state index in [1.165, 1.54) is 4.57 Å². The van der Waals surface area contributed by atoms with Crippen LogP contribution in [0.3, 0.4) is 0 Å². The van der Waals surface area contributed by atoms with Gasteiger partial charge in [0.1, 0.15) is 0 Å². The van der Waals surface area contributed by atoms with Crippen LogP contribution in [0.15, 0.2) is 33.9 Å². The lowest BCUT2D eigenvalue weighted by atomic mass is 10.2. The van der Waals surface area contributed by atoms with Crippen molar-refractivity contribution in [3.63, 3.8) is 0 Å². The summed E-state index contributed by atoms with van der Waals surface area (Å²) in [5.74, 6) is 0.509. The number of benzene rings is 1. The molecule has 0 radical (unpaired) electrons. The summed E-state index contributed by atoms with van der Waals surface area (Å²) in [4.78, 5) is 32.0. The highest BCUT2D eigenvalue weighted by Gasteiger charge is 2.30. The topological polar surface area (TPSA) is 109 Å². The van der Waals surface area contributed by atoms with Crippen LogP contribution in [0.2, 0.25) is 0 Å². The normalized spacial score (nSPS) is 16.2. The zero-order valence-electron chi connectivity index (χ0n) is 15.7. The van der Waals surface area contributed by atoms with E-state index in [0.717, 1.165) is 15.8 Å². The fourth-order valence-electron chi connectivity index (χ4n) is 3.60. The van der Waals surface area contributed by atoms with Gasteiger partial charge in [0.05, 0.1) is 31.7 Å². The molecule has 2 aromatic heterocycles. The lowest BCUT2D eigenvalue weighted by Crippen LogP contribution is -2.41. The first kappa shape index (κ1) is 18.0. The Labute approximate surface area is 160 Å². The monoisotopic (exact) mass is 380 g/mol. The van der Waals surface area contributed by atoms with E-state index < -0.39 is 17.4 Å². The molecule has 1 atom stereocenters. The minimum Gasteiger partial charge on any atom is -0.389 e. The Bertz CT molecular complexity index is 1210. The highest BCUT2D eigenvalue weighted by atomic mass is 16.3. The van der Waals surface area contributed by atoms with Gasteiger partial charge in [-0.25, -0.2) is 4.79 Å². The van der Waals surface area contributed by atoms with Crippen LogP contribution >= 0.6 is 0 Å². The Balaban J connectivity index is 1.98. The molecule has 0 fully saturated rings. The predicted octanol–water partition coefficient (Wildman–Crippen LogP) is 0.631. The Hall–Kier alpha value is -3.38. The number of rotatable bonds is 3. The molecule has 0 spiro atoms. The third kappa shape index (κ3) is 2.70. The lowest BCUT2D eigenvalue weighted by Gasteiger charge is -2.32. The lowest BCUT2D eigenvalue weighted by molar-refractivity contribution is 0.154. The molecular formula is C19H20N6O3. The number of β-amino-alcohol motifs (C(OH)–C–C–N with tert-alkyl or cyclic N) is 1. The van der Waals surface area contributed by atoms with E-state index in [1.807, 2.05) is 42.2 Å². The molecule has 0 aliphatic carbocycles. The summed E-state index contributed by atoms with van der Waals surface area (Å²) in [6.45, 7) is 2.55. The average Bonchev–Trinajstić information content (AvgIpc) is 3.06. The van der Waals surface area contributed by atoms with E-state index >= 15 is 0 Å². The fourth-order valence-corrected chi connectivity index (χ4v) is 3.60. The first-order chi connectivity index (χ1) is 13.4. The van der Waals surface area contributed by atoms with Crippen molar-refractivity contribution in [2.24, 2.45) is 7.05 Å². The zero-order chi connectivity index (χ0) is 20.0. The summed E-state index contributed by atoms with van der Waals surface area (Å²) in [6.07, 6.45) is -0.643. The van der Waals surface area contributed by atoms with Gasteiger partial charge in [-0.1, -0.05) is 17.7 Å². The fraction of sp³-hybridized carbons (Fsp3) is 0.368. The van der Waals surface area contributed by atoms with Gasteiger partial charge >= 0.3 is 5.69 Å². The van der Waals surface area contributed by atoms with Gasteiger partial charge in [0.25, 0.3) is 5.56 Å². The Morgan fingerprint density at radius 3 is 2.64 bits per heavy atom. The van der Waals surface area contributed by atoms with E-state index in [9.17, 15) is 14.7 Å². The van der Waals surface area contributed by atoms with Crippen LogP contribution in [0.4, 0.5) is 11.6 Å². The van der Waals surface area contributed by atoms with Gasteiger partial charge in [0.15, 0.2) is 11.2 Å². The summed E-state index contributed by atoms with van der Waals surface area (Å²) >= 11 is 0. The molecule has 1 N–H and O–H groups in total. The third-order valence-electron chi connectivity index (χ3n) is 5.03. The van der Waals surface area contributed by atoms with Crippen molar-refractivity contribution in [1.82, 2.24) is 18.7 Å². The summed E-state index contributed by atoms with van der Waals surface area (Å²) < 4.78 is 4.03. The Morgan fingerprint density at radius 2 is 1.96 bits per heavy atom. The molecule has 0 saturated heterocycles. The molecule has 28 heavy (non-hydrogen) atoms. The summed E-state index contributed by atoms with van der Waals surface area (Å²) in [5, 5.41) is 19.3. The molecule has 9 nitrogen and oxygen atoms in total. The van der Waals surface area contributed by atoms with Gasteiger partial charge < -0.3 is 14.6 Å². The van der Waals surface area contributed by atoms with Crippen LogP contribution in [0.1, 0.15) is 12.0 Å². The minimum atomic E-state index is -0.699. The summed E-state index contributed by atoms with van der Waals surface area (Å²) in [5.41, 5.74) is 1.47. The molecule has 1 aromatic carbocycles. The molecule has 4 rings (SSSR count). The van der Waals surface area contributed by atoms with Crippen molar-refractivity contribution < 1.29 is 5.11 Å². The highest BCUT2D eigenvalue weighted by molar-refractivity contribution is 5.77. The predicted molar refractivity (Wildman–Crippen MR) is 104 cm³/mol. The molecule has 0 bridgehead atoms. The molecule has 0 saturated carbocycles. The van der Waals surface area contributed by atoms with Crippen LogP contribution in [0.5, 0.6) is 0 Å². The SMILES string of the molecule is Cc1ccc(N2CC(O)Cn3c2nc2c3c(=O)n(CCC#N)c(=O)n2C)cc1. The number of hydrogen-bond donors (Lipinski definition) is 1. The number of fused-ring (bicyclic) bond motifs is 3. The van der Waals surface area contributed by atoms with Crippen molar-refractivity contribution in [3.8, 4) is 6.07 Å². The number of nitrogens with zero attached hydrogens (tertiary/aromatic N) is 6. The van der Waals surface area contributed by atoms with Gasteiger partial charge in [0, 0.05) is 19.3 Å². The number of aliphatic hydroxyl groups excluding tert-OH is 1. The summed E-state index contributed by atoms with van der Waals surface area (Å²) in [7, 11) is 1.55. The maximum atomic E-state index is 13.0. The maximum Gasteiger partial charge on any atom is 0.332 e. The van der Waals surface area contributed by atoms with Crippen molar-refractivity contribution in [2.45, 2.75) is 32.5 Å².